The zero-order valence-electron chi connectivity index (χ0n) is 16.2. The highest BCUT2D eigenvalue weighted by molar-refractivity contribution is 5.89. The summed E-state index contributed by atoms with van der Waals surface area (Å²) in [6.45, 7) is 6.73. The van der Waals surface area contributed by atoms with Crippen molar-refractivity contribution in [3.8, 4) is 5.88 Å². The molecular weight excluding hydrogens is 345 g/mol. The van der Waals surface area contributed by atoms with Gasteiger partial charge in [0.15, 0.2) is 11.5 Å². The van der Waals surface area contributed by atoms with Gasteiger partial charge in [-0.05, 0) is 50.8 Å². The third-order valence-corrected chi connectivity index (χ3v) is 4.29. The van der Waals surface area contributed by atoms with Crippen LogP contribution in [0.5, 0.6) is 5.88 Å². The van der Waals surface area contributed by atoms with Crippen LogP contribution in [0, 0.1) is 0 Å². The fraction of sp³-hybridized carbons (Fsp3) is 0.400. The highest BCUT2D eigenvalue weighted by Crippen LogP contribution is 2.31. The molecule has 0 bridgehead atoms. The van der Waals surface area contributed by atoms with E-state index < -0.39 is 11.2 Å². The number of fused-ring (bicyclic) bond motifs is 1. The van der Waals surface area contributed by atoms with Crippen molar-refractivity contribution in [3.05, 3.63) is 53.5 Å². The first-order chi connectivity index (χ1) is 12.6. The lowest BCUT2D eigenvalue weighted by Gasteiger charge is -2.22. The van der Waals surface area contributed by atoms with Crippen LogP contribution in [0.25, 0.3) is 10.8 Å². The number of hydrogen-bond acceptors (Lipinski definition) is 6. The molecule has 27 heavy (non-hydrogen) atoms. The van der Waals surface area contributed by atoms with Crippen LogP contribution in [0.2, 0.25) is 0 Å². The zero-order valence-corrected chi connectivity index (χ0v) is 16.2. The van der Waals surface area contributed by atoms with Gasteiger partial charge in [-0.2, -0.15) is 0 Å². The van der Waals surface area contributed by atoms with Crippen LogP contribution >= 0.6 is 0 Å². The van der Waals surface area contributed by atoms with Crippen molar-refractivity contribution in [1.82, 2.24) is 19.9 Å². The van der Waals surface area contributed by atoms with E-state index in [1.165, 1.54) is 13.8 Å². The molecule has 0 atom stereocenters. The average molecular weight is 369 g/mol. The van der Waals surface area contributed by atoms with Crippen LogP contribution in [-0.2, 0) is 17.6 Å². The van der Waals surface area contributed by atoms with Gasteiger partial charge >= 0.3 is 0 Å². The molecule has 0 aliphatic rings. The lowest BCUT2D eigenvalue weighted by Crippen LogP contribution is -2.29. The molecule has 0 radical (unpaired) electrons. The quantitative estimate of drug-likeness (QED) is 0.741. The van der Waals surface area contributed by atoms with Gasteiger partial charge in [-0.15, -0.1) is 0 Å². The smallest absolute Gasteiger partial charge is 0.222 e. The molecule has 142 valence electrons. The molecular formula is C20H24FN5O. The predicted molar refractivity (Wildman–Crippen MR) is 102 cm³/mol. The van der Waals surface area contributed by atoms with Crippen molar-refractivity contribution in [2.45, 2.75) is 45.3 Å². The van der Waals surface area contributed by atoms with Gasteiger partial charge in [-0.3, -0.25) is 4.98 Å². The fourth-order valence-electron chi connectivity index (χ4n) is 2.89. The van der Waals surface area contributed by atoms with E-state index in [9.17, 15) is 4.39 Å². The standard InChI is InChI=1S/C20H24FN5O/c1-19(2,21)18-23-7-6-12(26-18)8-13-9-14-15(10-24-13)17(27-5)25-11-16(14)20(3,4)22/h6-7,9-11H,8,22H2,1-5H3. The molecule has 0 aliphatic carbocycles. The lowest BCUT2D eigenvalue weighted by atomic mass is 9.92. The summed E-state index contributed by atoms with van der Waals surface area (Å²) in [5, 5.41) is 1.73. The fourth-order valence-corrected chi connectivity index (χ4v) is 2.89. The second kappa shape index (κ2) is 6.81. The summed E-state index contributed by atoms with van der Waals surface area (Å²) in [4.78, 5) is 17.2. The zero-order chi connectivity index (χ0) is 19.8. The highest BCUT2D eigenvalue weighted by Gasteiger charge is 2.23. The first kappa shape index (κ1) is 19.1. The van der Waals surface area contributed by atoms with Crippen LogP contribution in [-0.4, -0.2) is 27.0 Å². The van der Waals surface area contributed by atoms with Crippen molar-refractivity contribution < 1.29 is 9.13 Å². The Balaban J connectivity index is 2.06. The Bertz CT molecular complexity index is 976. The second-order valence-corrected chi connectivity index (χ2v) is 7.64. The van der Waals surface area contributed by atoms with Gasteiger partial charge in [-0.25, -0.2) is 19.3 Å². The van der Waals surface area contributed by atoms with Crippen LogP contribution in [0.3, 0.4) is 0 Å². The van der Waals surface area contributed by atoms with E-state index in [0.29, 0.717) is 18.0 Å². The van der Waals surface area contributed by atoms with Crippen molar-refractivity contribution >= 4 is 10.8 Å². The normalized spacial score (nSPS) is 12.4. The Morgan fingerprint density at radius 1 is 1.04 bits per heavy atom. The highest BCUT2D eigenvalue weighted by atomic mass is 19.1. The maximum absolute atomic E-state index is 14.1. The maximum Gasteiger partial charge on any atom is 0.222 e. The number of alkyl halides is 1. The molecule has 3 aromatic rings. The van der Waals surface area contributed by atoms with Crippen molar-refractivity contribution in [1.29, 1.82) is 0 Å². The molecule has 3 aromatic heterocycles. The molecule has 0 spiro atoms. The molecule has 0 aromatic carbocycles. The number of nitrogens with two attached hydrogens (primary N) is 1. The Hall–Kier alpha value is -2.67. The number of ether oxygens (including phenoxy) is 1. The Labute approximate surface area is 158 Å². The number of hydrogen-bond donors (Lipinski definition) is 1. The van der Waals surface area contributed by atoms with E-state index in [0.717, 1.165) is 22.0 Å². The Morgan fingerprint density at radius 3 is 2.41 bits per heavy atom. The summed E-state index contributed by atoms with van der Waals surface area (Å²) >= 11 is 0. The van der Waals surface area contributed by atoms with Crippen molar-refractivity contribution in [2.75, 3.05) is 7.11 Å². The van der Waals surface area contributed by atoms with Gasteiger partial charge in [0.1, 0.15) is 0 Å². The summed E-state index contributed by atoms with van der Waals surface area (Å²) in [7, 11) is 1.57. The molecule has 0 unspecified atom stereocenters. The molecule has 7 heteroatoms. The third kappa shape index (κ3) is 4.03. The number of nitrogens with zero attached hydrogens (tertiary/aromatic N) is 4. The van der Waals surface area contributed by atoms with E-state index in [-0.39, 0.29) is 5.82 Å². The average Bonchev–Trinajstić information content (AvgIpc) is 2.59. The molecule has 0 amide bonds. The van der Waals surface area contributed by atoms with Crippen LogP contribution in [0.1, 0.15) is 50.5 Å². The topological polar surface area (TPSA) is 86.8 Å². The molecule has 0 saturated heterocycles. The van der Waals surface area contributed by atoms with E-state index >= 15 is 0 Å². The van der Waals surface area contributed by atoms with Crippen LogP contribution < -0.4 is 10.5 Å². The van der Waals surface area contributed by atoms with Gasteiger partial charge in [0.05, 0.1) is 18.2 Å². The monoisotopic (exact) mass is 369 g/mol. The SMILES string of the molecule is COc1ncc(C(C)(C)N)c2cc(Cc3ccnc(C(C)(C)F)n3)ncc12. The van der Waals surface area contributed by atoms with E-state index in [1.807, 2.05) is 19.9 Å². The third-order valence-electron chi connectivity index (χ3n) is 4.29. The minimum Gasteiger partial charge on any atom is -0.481 e. The summed E-state index contributed by atoms with van der Waals surface area (Å²) in [5.74, 6) is 0.663. The molecule has 2 N–H and O–H groups in total. The van der Waals surface area contributed by atoms with Crippen molar-refractivity contribution in [3.63, 3.8) is 0 Å². The first-order valence-electron chi connectivity index (χ1n) is 8.72. The van der Waals surface area contributed by atoms with E-state index in [1.54, 1.807) is 31.8 Å². The van der Waals surface area contributed by atoms with E-state index in [2.05, 4.69) is 19.9 Å². The molecule has 0 fully saturated rings. The number of halogens is 1. The van der Waals surface area contributed by atoms with Gasteiger partial charge in [0.2, 0.25) is 5.88 Å². The summed E-state index contributed by atoms with van der Waals surface area (Å²) < 4.78 is 19.5. The largest absolute Gasteiger partial charge is 0.481 e. The number of pyridine rings is 2. The summed E-state index contributed by atoms with van der Waals surface area (Å²) in [6, 6.07) is 3.73. The summed E-state index contributed by atoms with van der Waals surface area (Å²) in [6.07, 6.45) is 5.49. The van der Waals surface area contributed by atoms with Crippen molar-refractivity contribution in [2.24, 2.45) is 5.73 Å². The molecule has 0 aliphatic heterocycles. The van der Waals surface area contributed by atoms with Gasteiger partial charge < -0.3 is 10.5 Å². The Kier molecular flexibility index (Phi) is 4.82. The number of methoxy groups -OCH3 is 1. The molecule has 3 heterocycles. The first-order valence-corrected chi connectivity index (χ1v) is 8.72. The predicted octanol–water partition coefficient (Wildman–Crippen LogP) is 3.42. The minimum atomic E-state index is -1.59. The van der Waals surface area contributed by atoms with Gasteiger partial charge in [0.25, 0.3) is 0 Å². The van der Waals surface area contributed by atoms with Crippen LogP contribution in [0.15, 0.2) is 30.7 Å². The lowest BCUT2D eigenvalue weighted by molar-refractivity contribution is 0.206. The number of aromatic nitrogens is 4. The van der Waals surface area contributed by atoms with Gasteiger partial charge in [0, 0.05) is 36.2 Å². The molecule has 3 rings (SSSR count). The van der Waals surface area contributed by atoms with Crippen LogP contribution in [0.4, 0.5) is 4.39 Å². The second-order valence-electron chi connectivity index (χ2n) is 7.64. The molecule has 6 nitrogen and oxygen atoms in total. The van der Waals surface area contributed by atoms with E-state index in [4.69, 9.17) is 10.5 Å². The number of rotatable bonds is 5. The Morgan fingerprint density at radius 2 is 1.78 bits per heavy atom. The van der Waals surface area contributed by atoms with Gasteiger partial charge in [-0.1, -0.05) is 0 Å². The minimum absolute atomic E-state index is 0.162. The maximum atomic E-state index is 14.1. The molecule has 0 saturated carbocycles. The summed E-state index contributed by atoms with van der Waals surface area (Å²) in [5.41, 5.74) is 6.55.